The number of rotatable bonds is 4. The van der Waals surface area contributed by atoms with Crippen LogP contribution in [0.25, 0.3) is 0 Å². The maximum absolute atomic E-state index is 12.6. The number of piperazine rings is 1. The Kier molecular flexibility index (Phi) is 5.41. The zero-order valence-electron chi connectivity index (χ0n) is 14.0. The van der Waals surface area contributed by atoms with Crippen LogP contribution in [-0.4, -0.2) is 37.0 Å². The molecule has 126 valence electrons. The molecule has 1 aliphatic heterocycles. The van der Waals surface area contributed by atoms with Crippen LogP contribution in [0.2, 0.25) is 5.02 Å². The fourth-order valence-electron chi connectivity index (χ4n) is 3.20. The molecule has 1 atom stereocenters. The van der Waals surface area contributed by atoms with Crippen molar-refractivity contribution in [1.82, 2.24) is 4.90 Å². The molecule has 0 bridgehead atoms. The van der Waals surface area contributed by atoms with E-state index in [9.17, 15) is 4.79 Å². The van der Waals surface area contributed by atoms with Crippen LogP contribution in [0.4, 0.5) is 5.69 Å². The van der Waals surface area contributed by atoms with Crippen LogP contribution < -0.4 is 4.90 Å². The summed E-state index contributed by atoms with van der Waals surface area (Å²) in [5.41, 5.74) is 2.28. The van der Waals surface area contributed by atoms with Crippen molar-refractivity contribution in [3.63, 3.8) is 0 Å². The molecule has 4 heteroatoms. The number of amides is 1. The number of anilines is 1. The third-order valence-electron chi connectivity index (χ3n) is 4.67. The standard InChI is InChI=1S/C20H23ClN2O/c1-16(17-7-3-2-4-8-17)15-20(24)23-13-11-22(12-14-23)19-10-6-5-9-18(19)21/h2-10,16H,11-15H2,1H3. The molecule has 0 N–H and O–H groups in total. The second-order valence-electron chi connectivity index (χ2n) is 6.34. The van der Waals surface area contributed by atoms with E-state index in [0.717, 1.165) is 36.9 Å². The van der Waals surface area contributed by atoms with Gasteiger partial charge in [0.05, 0.1) is 10.7 Å². The van der Waals surface area contributed by atoms with Gasteiger partial charge in [-0.25, -0.2) is 0 Å². The molecule has 1 aliphatic rings. The molecular formula is C20H23ClN2O. The number of benzene rings is 2. The van der Waals surface area contributed by atoms with E-state index in [1.54, 1.807) is 0 Å². The third-order valence-corrected chi connectivity index (χ3v) is 4.99. The second kappa shape index (κ2) is 7.71. The van der Waals surface area contributed by atoms with Gasteiger partial charge in [0.15, 0.2) is 0 Å². The summed E-state index contributed by atoms with van der Waals surface area (Å²) >= 11 is 6.27. The van der Waals surface area contributed by atoms with Gasteiger partial charge in [-0.3, -0.25) is 4.79 Å². The highest BCUT2D eigenvalue weighted by molar-refractivity contribution is 6.33. The summed E-state index contributed by atoms with van der Waals surface area (Å²) in [5.74, 6) is 0.491. The van der Waals surface area contributed by atoms with Crippen molar-refractivity contribution >= 4 is 23.2 Å². The number of para-hydroxylation sites is 1. The van der Waals surface area contributed by atoms with Crippen LogP contribution in [0.3, 0.4) is 0 Å². The number of hydrogen-bond donors (Lipinski definition) is 0. The normalized spacial score (nSPS) is 16.1. The fraction of sp³-hybridized carbons (Fsp3) is 0.350. The third kappa shape index (κ3) is 3.90. The van der Waals surface area contributed by atoms with Crippen LogP contribution in [0, 0.1) is 0 Å². The highest BCUT2D eigenvalue weighted by Gasteiger charge is 2.23. The molecule has 3 rings (SSSR count). The summed E-state index contributed by atoms with van der Waals surface area (Å²) in [7, 11) is 0. The summed E-state index contributed by atoms with van der Waals surface area (Å²) in [6.07, 6.45) is 0.566. The zero-order chi connectivity index (χ0) is 16.9. The van der Waals surface area contributed by atoms with Crippen LogP contribution in [0.5, 0.6) is 0 Å². The van der Waals surface area contributed by atoms with Crippen LogP contribution in [-0.2, 0) is 4.79 Å². The minimum Gasteiger partial charge on any atom is -0.367 e. The molecule has 0 spiro atoms. The molecule has 0 saturated carbocycles. The zero-order valence-corrected chi connectivity index (χ0v) is 14.7. The number of nitrogens with zero attached hydrogens (tertiary/aromatic N) is 2. The number of halogens is 1. The lowest BCUT2D eigenvalue weighted by atomic mass is 9.97. The number of hydrogen-bond acceptors (Lipinski definition) is 2. The van der Waals surface area contributed by atoms with Gasteiger partial charge in [-0.15, -0.1) is 0 Å². The molecule has 3 nitrogen and oxygen atoms in total. The minimum atomic E-state index is 0.241. The average Bonchev–Trinajstić information content (AvgIpc) is 2.63. The monoisotopic (exact) mass is 342 g/mol. The smallest absolute Gasteiger partial charge is 0.223 e. The fourth-order valence-corrected chi connectivity index (χ4v) is 3.45. The van der Waals surface area contributed by atoms with Crippen molar-refractivity contribution in [2.75, 3.05) is 31.1 Å². The van der Waals surface area contributed by atoms with Crippen molar-refractivity contribution in [2.24, 2.45) is 0 Å². The summed E-state index contributed by atoms with van der Waals surface area (Å²) in [4.78, 5) is 16.8. The molecule has 1 heterocycles. The van der Waals surface area contributed by atoms with Gasteiger partial charge in [0.2, 0.25) is 5.91 Å². The second-order valence-corrected chi connectivity index (χ2v) is 6.74. The molecule has 24 heavy (non-hydrogen) atoms. The van der Waals surface area contributed by atoms with E-state index < -0.39 is 0 Å². The molecule has 0 aliphatic carbocycles. The Hall–Kier alpha value is -2.00. The first-order chi connectivity index (χ1) is 11.6. The first-order valence-electron chi connectivity index (χ1n) is 8.47. The van der Waals surface area contributed by atoms with E-state index in [1.807, 2.05) is 47.4 Å². The van der Waals surface area contributed by atoms with E-state index >= 15 is 0 Å². The van der Waals surface area contributed by atoms with E-state index in [0.29, 0.717) is 6.42 Å². The predicted octanol–water partition coefficient (Wildman–Crippen LogP) is 4.18. The summed E-state index contributed by atoms with van der Waals surface area (Å²) in [5, 5.41) is 0.773. The van der Waals surface area contributed by atoms with Gasteiger partial charge in [-0.2, -0.15) is 0 Å². The van der Waals surface area contributed by atoms with Crippen molar-refractivity contribution in [2.45, 2.75) is 19.3 Å². The molecule has 0 aromatic heterocycles. The molecule has 1 amide bonds. The van der Waals surface area contributed by atoms with Crippen molar-refractivity contribution in [3.8, 4) is 0 Å². The maximum Gasteiger partial charge on any atom is 0.223 e. The van der Waals surface area contributed by atoms with Gasteiger partial charge < -0.3 is 9.80 Å². The first-order valence-corrected chi connectivity index (χ1v) is 8.85. The number of carbonyl (C=O) groups is 1. The summed E-state index contributed by atoms with van der Waals surface area (Å²) in [6.45, 7) is 5.29. The Morgan fingerprint density at radius 1 is 1.00 bits per heavy atom. The SMILES string of the molecule is CC(CC(=O)N1CCN(c2ccccc2Cl)CC1)c1ccccc1. The van der Waals surface area contributed by atoms with E-state index in [4.69, 9.17) is 11.6 Å². The van der Waals surface area contributed by atoms with Crippen molar-refractivity contribution in [1.29, 1.82) is 0 Å². The Balaban J connectivity index is 1.55. The Bertz CT molecular complexity index is 681. The van der Waals surface area contributed by atoms with Gasteiger partial charge >= 0.3 is 0 Å². The Labute approximate surface area is 148 Å². The topological polar surface area (TPSA) is 23.6 Å². The lowest BCUT2D eigenvalue weighted by molar-refractivity contribution is -0.131. The van der Waals surface area contributed by atoms with E-state index in [1.165, 1.54) is 5.56 Å². The minimum absolute atomic E-state index is 0.241. The first kappa shape index (κ1) is 16.8. The van der Waals surface area contributed by atoms with Gasteiger partial charge in [0, 0.05) is 32.6 Å². The molecule has 0 radical (unpaired) electrons. The van der Waals surface area contributed by atoms with Crippen LogP contribution >= 0.6 is 11.6 Å². The number of carbonyl (C=O) groups excluding carboxylic acids is 1. The Morgan fingerprint density at radius 3 is 2.29 bits per heavy atom. The van der Waals surface area contributed by atoms with E-state index in [-0.39, 0.29) is 11.8 Å². The molecule has 2 aromatic carbocycles. The highest BCUT2D eigenvalue weighted by atomic mass is 35.5. The van der Waals surface area contributed by atoms with Crippen LogP contribution in [0.15, 0.2) is 54.6 Å². The van der Waals surface area contributed by atoms with Crippen molar-refractivity contribution < 1.29 is 4.79 Å². The van der Waals surface area contributed by atoms with Gasteiger partial charge in [0.1, 0.15) is 0 Å². The van der Waals surface area contributed by atoms with Gasteiger partial charge in [-0.05, 0) is 23.6 Å². The molecule has 2 aromatic rings. The summed E-state index contributed by atoms with van der Waals surface area (Å²) in [6, 6.07) is 18.1. The summed E-state index contributed by atoms with van der Waals surface area (Å²) < 4.78 is 0. The largest absolute Gasteiger partial charge is 0.367 e. The molecule has 1 unspecified atom stereocenters. The Morgan fingerprint density at radius 2 is 1.62 bits per heavy atom. The molecule has 1 saturated heterocycles. The quantitative estimate of drug-likeness (QED) is 0.832. The highest BCUT2D eigenvalue weighted by Crippen LogP contribution is 2.26. The lowest BCUT2D eigenvalue weighted by Gasteiger charge is -2.37. The lowest BCUT2D eigenvalue weighted by Crippen LogP contribution is -2.49. The van der Waals surface area contributed by atoms with Gasteiger partial charge in [0.25, 0.3) is 0 Å². The van der Waals surface area contributed by atoms with Crippen molar-refractivity contribution in [3.05, 3.63) is 65.2 Å². The maximum atomic E-state index is 12.6. The average molecular weight is 343 g/mol. The predicted molar refractivity (Wildman–Crippen MR) is 99.7 cm³/mol. The van der Waals surface area contributed by atoms with Gasteiger partial charge in [-0.1, -0.05) is 61.0 Å². The molecule has 1 fully saturated rings. The molecular weight excluding hydrogens is 320 g/mol. The van der Waals surface area contributed by atoms with E-state index in [2.05, 4.69) is 24.0 Å². The van der Waals surface area contributed by atoms with Crippen LogP contribution in [0.1, 0.15) is 24.8 Å².